The Morgan fingerprint density at radius 1 is 1.40 bits per heavy atom. The maximum Gasteiger partial charge on any atom is 0.251 e. The molecule has 0 fully saturated rings. The molecule has 0 aliphatic heterocycles. The molecule has 0 aliphatic rings. The van der Waals surface area contributed by atoms with Gasteiger partial charge in [0.15, 0.2) is 5.13 Å². The first kappa shape index (κ1) is 14.5. The van der Waals surface area contributed by atoms with Crippen molar-refractivity contribution in [1.29, 1.82) is 0 Å². The lowest BCUT2D eigenvalue weighted by molar-refractivity contribution is -0.115. The van der Waals surface area contributed by atoms with Crippen LogP contribution in [0, 0.1) is 6.92 Å². The standard InChI is InChI=1S/C13H12ClN3O2S/c1-8-7-20-13(16-8)17-11(18)6-15-12(19)9-3-2-4-10(14)5-9/h2-5,7H,6H2,1H3,(H,15,19)(H,16,17,18). The van der Waals surface area contributed by atoms with Gasteiger partial charge >= 0.3 is 0 Å². The summed E-state index contributed by atoms with van der Waals surface area (Å²) in [6.07, 6.45) is 0. The van der Waals surface area contributed by atoms with E-state index in [1.165, 1.54) is 11.3 Å². The van der Waals surface area contributed by atoms with Gasteiger partial charge in [0.05, 0.1) is 12.2 Å². The molecule has 7 heteroatoms. The summed E-state index contributed by atoms with van der Waals surface area (Å²) in [6.45, 7) is 1.72. The molecule has 2 N–H and O–H groups in total. The maximum atomic E-state index is 11.8. The molecule has 0 spiro atoms. The summed E-state index contributed by atoms with van der Waals surface area (Å²) in [4.78, 5) is 27.5. The third kappa shape index (κ3) is 4.04. The van der Waals surface area contributed by atoms with E-state index in [-0.39, 0.29) is 18.4 Å². The number of carbonyl (C=O) groups excluding carboxylic acids is 2. The second kappa shape index (κ2) is 6.49. The van der Waals surface area contributed by atoms with E-state index in [2.05, 4.69) is 15.6 Å². The highest BCUT2D eigenvalue weighted by atomic mass is 35.5. The fraction of sp³-hybridized carbons (Fsp3) is 0.154. The van der Waals surface area contributed by atoms with Gasteiger partial charge in [0.1, 0.15) is 0 Å². The van der Waals surface area contributed by atoms with Crippen molar-refractivity contribution < 1.29 is 9.59 Å². The summed E-state index contributed by atoms with van der Waals surface area (Å²) in [5.41, 5.74) is 1.25. The Morgan fingerprint density at radius 2 is 2.20 bits per heavy atom. The molecule has 0 bridgehead atoms. The molecule has 20 heavy (non-hydrogen) atoms. The van der Waals surface area contributed by atoms with Crippen LogP contribution in [0.2, 0.25) is 5.02 Å². The SMILES string of the molecule is Cc1csc(NC(=O)CNC(=O)c2cccc(Cl)c2)n1. The molecule has 1 heterocycles. The first-order valence-electron chi connectivity index (χ1n) is 5.80. The molecular formula is C13H12ClN3O2S. The van der Waals surface area contributed by atoms with Gasteiger partial charge in [0.25, 0.3) is 5.91 Å². The predicted octanol–water partition coefficient (Wildman–Crippen LogP) is 2.47. The highest BCUT2D eigenvalue weighted by molar-refractivity contribution is 7.13. The van der Waals surface area contributed by atoms with Crippen molar-refractivity contribution in [3.8, 4) is 0 Å². The number of hydrogen-bond donors (Lipinski definition) is 2. The fourth-order valence-electron chi connectivity index (χ4n) is 1.47. The van der Waals surface area contributed by atoms with Gasteiger partial charge in [-0.15, -0.1) is 11.3 Å². The molecule has 1 aromatic heterocycles. The Labute approximate surface area is 125 Å². The molecule has 0 aliphatic carbocycles. The number of benzene rings is 1. The summed E-state index contributed by atoms with van der Waals surface area (Å²) < 4.78 is 0. The van der Waals surface area contributed by atoms with Crippen LogP contribution in [0.25, 0.3) is 0 Å². The van der Waals surface area contributed by atoms with Crippen molar-refractivity contribution in [2.45, 2.75) is 6.92 Å². The van der Waals surface area contributed by atoms with E-state index < -0.39 is 0 Å². The smallest absolute Gasteiger partial charge is 0.251 e. The minimum absolute atomic E-state index is 0.121. The average molecular weight is 310 g/mol. The molecule has 0 atom stereocenters. The van der Waals surface area contributed by atoms with Crippen LogP contribution in [-0.2, 0) is 4.79 Å². The van der Waals surface area contributed by atoms with Gasteiger partial charge in [-0.25, -0.2) is 4.98 Å². The van der Waals surface area contributed by atoms with Crippen LogP contribution in [-0.4, -0.2) is 23.3 Å². The number of rotatable bonds is 4. The molecule has 0 saturated heterocycles. The Bertz CT molecular complexity index is 642. The van der Waals surface area contributed by atoms with Crippen LogP contribution < -0.4 is 10.6 Å². The van der Waals surface area contributed by atoms with Crippen molar-refractivity contribution in [2.75, 3.05) is 11.9 Å². The lowest BCUT2D eigenvalue weighted by Crippen LogP contribution is -2.32. The van der Waals surface area contributed by atoms with E-state index in [9.17, 15) is 9.59 Å². The third-order valence-corrected chi connectivity index (χ3v) is 3.47. The third-order valence-electron chi connectivity index (χ3n) is 2.36. The van der Waals surface area contributed by atoms with E-state index in [0.29, 0.717) is 15.7 Å². The van der Waals surface area contributed by atoms with E-state index in [1.54, 1.807) is 24.3 Å². The number of halogens is 1. The summed E-state index contributed by atoms with van der Waals surface area (Å²) in [6, 6.07) is 6.52. The molecule has 1 aromatic carbocycles. The molecule has 0 radical (unpaired) electrons. The zero-order valence-corrected chi connectivity index (χ0v) is 12.2. The van der Waals surface area contributed by atoms with Crippen molar-refractivity contribution in [2.24, 2.45) is 0 Å². The molecule has 0 saturated carbocycles. The summed E-state index contributed by atoms with van der Waals surface area (Å²) in [5, 5.41) is 7.95. The van der Waals surface area contributed by atoms with Crippen LogP contribution in [0.5, 0.6) is 0 Å². The fourth-order valence-corrected chi connectivity index (χ4v) is 2.36. The van der Waals surface area contributed by atoms with Crippen LogP contribution in [0.4, 0.5) is 5.13 Å². The number of aromatic nitrogens is 1. The average Bonchev–Trinajstić information content (AvgIpc) is 2.81. The number of thiazole rings is 1. The van der Waals surface area contributed by atoms with Gasteiger partial charge in [-0.05, 0) is 25.1 Å². The normalized spacial score (nSPS) is 10.1. The molecule has 0 unspecified atom stereocenters. The molecule has 2 aromatic rings. The number of hydrogen-bond acceptors (Lipinski definition) is 4. The summed E-state index contributed by atoms with van der Waals surface area (Å²) in [7, 11) is 0. The first-order chi connectivity index (χ1) is 9.54. The van der Waals surface area contributed by atoms with Crippen LogP contribution in [0.3, 0.4) is 0 Å². The molecule has 2 amide bonds. The van der Waals surface area contributed by atoms with Gasteiger partial charge in [-0.2, -0.15) is 0 Å². The number of carbonyl (C=O) groups is 2. The zero-order chi connectivity index (χ0) is 14.5. The minimum atomic E-state index is -0.349. The highest BCUT2D eigenvalue weighted by Gasteiger charge is 2.09. The first-order valence-corrected chi connectivity index (χ1v) is 7.06. The number of aryl methyl sites for hydroxylation is 1. The molecular weight excluding hydrogens is 298 g/mol. The molecule has 5 nitrogen and oxygen atoms in total. The van der Waals surface area contributed by atoms with Crippen molar-refractivity contribution in [3.05, 3.63) is 45.9 Å². The topological polar surface area (TPSA) is 71.1 Å². The van der Waals surface area contributed by atoms with Crippen molar-refractivity contribution >= 4 is 39.9 Å². The number of amides is 2. The summed E-state index contributed by atoms with van der Waals surface area (Å²) >= 11 is 7.13. The Hall–Kier alpha value is -1.92. The Morgan fingerprint density at radius 3 is 2.85 bits per heavy atom. The van der Waals surface area contributed by atoms with Crippen molar-refractivity contribution in [3.63, 3.8) is 0 Å². The second-order valence-corrected chi connectivity index (χ2v) is 5.33. The minimum Gasteiger partial charge on any atom is -0.343 e. The van der Waals surface area contributed by atoms with Crippen LogP contribution in [0.15, 0.2) is 29.6 Å². The van der Waals surface area contributed by atoms with E-state index in [0.717, 1.165) is 5.69 Å². The van der Waals surface area contributed by atoms with E-state index in [1.807, 2.05) is 12.3 Å². The maximum absolute atomic E-state index is 11.8. The Kier molecular flexibility index (Phi) is 4.70. The van der Waals surface area contributed by atoms with Crippen LogP contribution >= 0.6 is 22.9 Å². The van der Waals surface area contributed by atoms with Crippen LogP contribution in [0.1, 0.15) is 16.1 Å². The van der Waals surface area contributed by atoms with Gasteiger partial charge in [0, 0.05) is 16.0 Å². The Balaban J connectivity index is 1.85. The van der Waals surface area contributed by atoms with Crippen molar-refractivity contribution in [1.82, 2.24) is 10.3 Å². The zero-order valence-electron chi connectivity index (χ0n) is 10.6. The van der Waals surface area contributed by atoms with E-state index >= 15 is 0 Å². The second-order valence-electron chi connectivity index (χ2n) is 4.04. The van der Waals surface area contributed by atoms with Gasteiger partial charge in [0.2, 0.25) is 5.91 Å². The van der Waals surface area contributed by atoms with E-state index in [4.69, 9.17) is 11.6 Å². The monoisotopic (exact) mass is 309 g/mol. The highest BCUT2D eigenvalue weighted by Crippen LogP contribution is 2.14. The number of nitrogens with zero attached hydrogens (tertiary/aromatic N) is 1. The lowest BCUT2D eigenvalue weighted by Gasteiger charge is -2.05. The largest absolute Gasteiger partial charge is 0.343 e. The molecule has 104 valence electrons. The molecule has 2 rings (SSSR count). The quantitative estimate of drug-likeness (QED) is 0.911. The lowest BCUT2D eigenvalue weighted by atomic mass is 10.2. The van der Waals surface area contributed by atoms with Gasteiger partial charge in [-0.1, -0.05) is 17.7 Å². The van der Waals surface area contributed by atoms with Gasteiger partial charge < -0.3 is 10.6 Å². The van der Waals surface area contributed by atoms with Gasteiger partial charge in [-0.3, -0.25) is 9.59 Å². The summed E-state index contributed by atoms with van der Waals surface area (Å²) in [5.74, 6) is -0.673. The number of anilines is 1. The number of nitrogens with one attached hydrogen (secondary N) is 2. The predicted molar refractivity (Wildman–Crippen MR) is 79.3 cm³/mol.